The van der Waals surface area contributed by atoms with Gasteiger partial charge < -0.3 is 0 Å². The van der Waals surface area contributed by atoms with E-state index < -0.39 is 0 Å². The Labute approximate surface area is 133 Å². The lowest BCUT2D eigenvalue weighted by molar-refractivity contribution is 0.903. The summed E-state index contributed by atoms with van der Waals surface area (Å²) >= 11 is 12.5. The second-order valence-corrected chi connectivity index (χ2v) is 5.64. The quantitative estimate of drug-likeness (QED) is 0.591. The van der Waals surface area contributed by atoms with Crippen LogP contribution in [0.5, 0.6) is 0 Å². The van der Waals surface area contributed by atoms with E-state index in [2.05, 4.69) is 41.2 Å². The molecule has 0 radical (unpaired) electrons. The lowest BCUT2D eigenvalue weighted by Gasteiger charge is -2.08. The van der Waals surface area contributed by atoms with Gasteiger partial charge in [0.1, 0.15) is 10.3 Å². The smallest absolute Gasteiger partial charge is 0.162 e. The van der Waals surface area contributed by atoms with Gasteiger partial charge in [0, 0.05) is 11.1 Å². The molecule has 0 atom stereocenters. The Bertz CT molecular complexity index is 777. The van der Waals surface area contributed by atoms with Gasteiger partial charge in [-0.05, 0) is 23.3 Å². The zero-order valence-electron chi connectivity index (χ0n) is 11.6. The highest BCUT2D eigenvalue weighted by Crippen LogP contribution is 2.28. The van der Waals surface area contributed by atoms with Crippen LogP contribution in [0.15, 0.2) is 42.5 Å². The van der Waals surface area contributed by atoms with Crippen LogP contribution in [0.4, 0.5) is 0 Å². The summed E-state index contributed by atoms with van der Waals surface area (Å²) < 4.78 is 0. The second-order valence-electron chi connectivity index (χ2n) is 4.92. The largest absolute Gasteiger partial charge is 0.216 e. The molecule has 0 aliphatic rings. The van der Waals surface area contributed by atoms with Crippen molar-refractivity contribution in [3.63, 3.8) is 0 Å². The summed E-state index contributed by atoms with van der Waals surface area (Å²) in [5.74, 6) is 0.565. The monoisotopic (exact) mass is 316 g/mol. The first-order valence-electron chi connectivity index (χ1n) is 6.90. The first kappa shape index (κ1) is 14.3. The zero-order chi connectivity index (χ0) is 14.8. The van der Waals surface area contributed by atoms with Crippen LogP contribution < -0.4 is 0 Å². The molecule has 0 saturated heterocycles. The van der Waals surface area contributed by atoms with Crippen LogP contribution in [0.2, 0.25) is 10.3 Å². The predicted molar refractivity (Wildman–Crippen MR) is 89.0 cm³/mol. The molecule has 0 amide bonds. The van der Waals surface area contributed by atoms with Crippen LogP contribution in [-0.4, -0.2) is 9.97 Å². The van der Waals surface area contributed by atoms with E-state index in [1.165, 1.54) is 5.39 Å². The molecule has 3 rings (SSSR count). The van der Waals surface area contributed by atoms with Gasteiger partial charge in [-0.15, -0.1) is 0 Å². The van der Waals surface area contributed by atoms with Crippen molar-refractivity contribution in [3.05, 3.63) is 58.3 Å². The number of hydrogen-bond acceptors (Lipinski definition) is 2. The molecule has 0 saturated carbocycles. The minimum Gasteiger partial charge on any atom is -0.216 e. The van der Waals surface area contributed by atoms with Crippen molar-refractivity contribution in [3.8, 4) is 11.4 Å². The summed E-state index contributed by atoms with van der Waals surface area (Å²) in [4.78, 5) is 8.80. The van der Waals surface area contributed by atoms with Gasteiger partial charge >= 0.3 is 0 Å². The van der Waals surface area contributed by atoms with Crippen LogP contribution in [0.1, 0.15) is 18.9 Å². The van der Waals surface area contributed by atoms with E-state index in [9.17, 15) is 0 Å². The van der Waals surface area contributed by atoms with E-state index in [1.54, 1.807) is 0 Å². The van der Waals surface area contributed by atoms with Gasteiger partial charge in [0.2, 0.25) is 0 Å². The predicted octanol–water partition coefficient (Wildman–Crippen LogP) is 5.56. The van der Waals surface area contributed by atoms with Crippen molar-refractivity contribution in [2.75, 3.05) is 0 Å². The summed E-state index contributed by atoms with van der Waals surface area (Å²) in [7, 11) is 0. The molecule has 0 N–H and O–H groups in total. The fraction of sp³-hybridized carbons (Fsp3) is 0.176. The van der Waals surface area contributed by atoms with Crippen molar-refractivity contribution in [1.82, 2.24) is 9.97 Å². The molecule has 1 aromatic heterocycles. The number of fused-ring (bicyclic) bond motifs is 1. The molecule has 1 heterocycles. The Hall–Kier alpha value is -1.64. The maximum atomic E-state index is 6.25. The third-order valence-electron chi connectivity index (χ3n) is 3.41. The van der Waals surface area contributed by atoms with Crippen LogP contribution in [0.3, 0.4) is 0 Å². The lowest BCUT2D eigenvalue weighted by Crippen LogP contribution is -1.97. The van der Waals surface area contributed by atoms with E-state index in [0.29, 0.717) is 16.1 Å². The minimum atomic E-state index is 0.444. The van der Waals surface area contributed by atoms with Crippen molar-refractivity contribution >= 4 is 34.0 Å². The van der Waals surface area contributed by atoms with Gasteiger partial charge in [0.25, 0.3) is 0 Å². The molecule has 3 aromatic rings. The molecular weight excluding hydrogens is 303 g/mol. The van der Waals surface area contributed by atoms with Gasteiger partial charge in [-0.3, -0.25) is 0 Å². The lowest BCUT2D eigenvalue weighted by atomic mass is 10.1. The summed E-state index contributed by atoms with van der Waals surface area (Å²) in [5.41, 5.74) is 1.74. The summed E-state index contributed by atoms with van der Waals surface area (Å²) in [5, 5.41) is 3.21. The van der Waals surface area contributed by atoms with Crippen molar-refractivity contribution in [1.29, 1.82) is 0 Å². The highest BCUT2D eigenvalue weighted by atomic mass is 35.5. The average Bonchev–Trinajstić information content (AvgIpc) is 2.50. The molecule has 0 bridgehead atoms. The number of aromatic nitrogens is 2. The molecule has 4 heteroatoms. The zero-order valence-corrected chi connectivity index (χ0v) is 13.1. The third-order valence-corrected chi connectivity index (χ3v) is 4.04. The Morgan fingerprint density at radius 3 is 2.24 bits per heavy atom. The number of hydrogen-bond donors (Lipinski definition) is 0. The van der Waals surface area contributed by atoms with Crippen molar-refractivity contribution in [2.24, 2.45) is 0 Å². The molecule has 2 nitrogen and oxygen atoms in total. The number of benzene rings is 2. The normalized spacial score (nSPS) is 11.0. The van der Waals surface area contributed by atoms with E-state index in [-0.39, 0.29) is 0 Å². The minimum absolute atomic E-state index is 0.444. The molecule has 2 aromatic carbocycles. The average molecular weight is 317 g/mol. The van der Waals surface area contributed by atoms with E-state index >= 15 is 0 Å². The highest BCUT2D eigenvalue weighted by molar-refractivity contribution is 6.34. The first-order chi connectivity index (χ1) is 10.2. The van der Waals surface area contributed by atoms with Crippen LogP contribution in [0, 0.1) is 0 Å². The van der Waals surface area contributed by atoms with Crippen molar-refractivity contribution in [2.45, 2.75) is 19.8 Å². The van der Waals surface area contributed by atoms with Gasteiger partial charge in [0.15, 0.2) is 5.82 Å². The molecular formula is C17H14Cl2N2. The summed E-state index contributed by atoms with van der Waals surface area (Å²) in [6, 6.07) is 14.3. The number of halogens is 2. The molecule has 0 aliphatic carbocycles. The second kappa shape index (κ2) is 6.00. The standard InChI is InChI=1S/C17H14Cl2N2/c1-2-5-14-15(18)20-17(21-16(14)19)13-9-8-11-6-3-4-7-12(11)10-13/h3-4,6-10H,2,5H2,1H3. The molecule has 0 fully saturated rings. The number of nitrogens with zero attached hydrogens (tertiary/aromatic N) is 2. The third kappa shape index (κ3) is 2.87. The SMILES string of the molecule is CCCc1c(Cl)nc(-c2ccc3ccccc3c2)nc1Cl. The Morgan fingerprint density at radius 2 is 1.57 bits per heavy atom. The Kier molecular flexibility index (Phi) is 4.09. The molecule has 0 unspecified atom stereocenters. The maximum absolute atomic E-state index is 6.25. The van der Waals surface area contributed by atoms with E-state index in [0.717, 1.165) is 29.4 Å². The molecule has 0 spiro atoms. The van der Waals surface area contributed by atoms with Crippen LogP contribution in [0.25, 0.3) is 22.2 Å². The summed E-state index contributed by atoms with van der Waals surface area (Å²) in [6.45, 7) is 2.07. The van der Waals surface area contributed by atoms with Gasteiger partial charge in [-0.25, -0.2) is 9.97 Å². The van der Waals surface area contributed by atoms with Gasteiger partial charge in [0.05, 0.1) is 0 Å². The fourth-order valence-corrected chi connectivity index (χ4v) is 2.92. The Balaban J connectivity index is 2.10. The molecule has 106 valence electrons. The Morgan fingerprint density at radius 1 is 0.905 bits per heavy atom. The van der Waals surface area contributed by atoms with Gasteiger partial charge in [-0.1, -0.05) is 72.9 Å². The van der Waals surface area contributed by atoms with Crippen LogP contribution in [-0.2, 0) is 6.42 Å². The van der Waals surface area contributed by atoms with Crippen molar-refractivity contribution < 1.29 is 0 Å². The summed E-state index contributed by atoms with van der Waals surface area (Å²) in [6.07, 6.45) is 1.74. The van der Waals surface area contributed by atoms with Crippen LogP contribution >= 0.6 is 23.2 Å². The van der Waals surface area contributed by atoms with E-state index in [1.807, 2.05) is 18.2 Å². The highest BCUT2D eigenvalue weighted by Gasteiger charge is 2.12. The first-order valence-corrected chi connectivity index (χ1v) is 7.65. The number of rotatable bonds is 3. The van der Waals surface area contributed by atoms with E-state index in [4.69, 9.17) is 23.2 Å². The maximum Gasteiger partial charge on any atom is 0.162 e. The molecule has 0 aliphatic heterocycles. The fourth-order valence-electron chi connectivity index (χ4n) is 2.34. The van der Waals surface area contributed by atoms with Gasteiger partial charge in [-0.2, -0.15) is 0 Å². The molecule has 21 heavy (non-hydrogen) atoms. The topological polar surface area (TPSA) is 25.8 Å².